The van der Waals surface area contributed by atoms with Gasteiger partial charge in [0.05, 0.1) is 6.07 Å². The summed E-state index contributed by atoms with van der Waals surface area (Å²) in [7, 11) is 0. The molecule has 5 heteroatoms. The lowest BCUT2D eigenvalue weighted by molar-refractivity contribution is -0.131. The van der Waals surface area contributed by atoms with Gasteiger partial charge in [-0.05, 0) is 43.6 Å². The van der Waals surface area contributed by atoms with Gasteiger partial charge in [0.1, 0.15) is 12.2 Å². The first-order chi connectivity index (χ1) is 10.6. The number of benzene rings is 1. The lowest BCUT2D eigenvalue weighted by atomic mass is 10.1. The first-order valence-electron chi connectivity index (χ1n) is 7.80. The van der Waals surface area contributed by atoms with E-state index in [1.54, 1.807) is 17.0 Å². The van der Waals surface area contributed by atoms with Gasteiger partial charge in [-0.2, -0.15) is 5.26 Å². The van der Waals surface area contributed by atoms with Crippen LogP contribution in [-0.4, -0.2) is 46.5 Å². The molecule has 0 unspecified atom stereocenters. The molecule has 1 aliphatic rings. The van der Waals surface area contributed by atoms with Gasteiger partial charge in [-0.3, -0.25) is 9.69 Å². The Labute approximate surface area is 131 Å². The van der Waals surface area contributed by atoms with Crippen molar-refractivity contribution in [2.24, 2.45) is 0 Å². The zero-order chi connectivity index (χ0) is 15.9. The fourth-order valence-electron chi connectivity index (χ4n) is 3.03. The van der Waals surface area contributed by atoms with Gasteiger partial charge in [0.15, 0.2) is 0 Å². The third-order valence-electron chi connectivity index (χ3n) is 4.23. The molecule has 0 saturated carbocycles. The van der Waals surface area contributed by atoms with Gasteiger partial charge >= 0.3 is 0 Å². The lowest BCUT2D eigenvalue weighted by Gasteiger charge is -2.30. The zero-order valence-corrected chi connectivity index (χ0v) is 13.0. The molecule has 0 radical (unpaired) electrons. The summed E-state index contributed by atoms with van der Waals surface area (Å²) in [5.74, 6) is 0.0881. The number of aromatic hydroxyl groups is 1. The van der Waals surface area contributed by atoms with E-state index in [0.29, 0.717) is 19.1 Å². The second-order valence-corrected chi connectivity index (χ2v) is 5.70. The minimum absolute atomic E-state index is 0.0864. The normalized spacial score (nSPS) is 18.1. The summed E-state index contributed by atoms with van der Waals surface area (Å²) in [6, 6.07) is 9.20. The molecule has 1 amide bonds. The number of hydrogen-bond acceptors (Lipinski definition) is 4. The molecule has 0 bridgehead atoms. The van der Waals surface area contributed by atoms with E-state index < -0.39 is 0 Å². The predicted molar refractivity (Wildman–Crippen MR) is 84.0 cm³/mol. The fraction of sp³-hybridized carbons (Fsp3) is 0.529. The van der Waals surface area contributed by atoms with Crippen LogP contribution < -0.4 is 0 Å². The molecule has 1 fully saturated rings. The Kier molecular flexibility index (Phi) is 5.79. The third kappa shape index (κ3) is 4.22. The Balaban J connectivity index is 2.07. The minimum atomic E-state index is -0.126. The van der Waals surface area contributed by atoms with E-state index in [9.17, 15) is 9.90 Å². The van der Waals surface area contributed by atoms with Crippen molar-refractivity contribution < 1.29 is 9.90 Å². The number of phenolic OH excluding ortho intramolecular Hbond substituents is 1. The maximum absolute atomic E-state index is 12.2. The molecule has 1 heterocycles. The Morgan fingerprint density at radius 3 is 2.82 bits per heavy atom. The summed E-state index contributed by atoms with van der Waals surface area (Å²) in [5, 5.41) is 18.2. The van der Waals surface area contributed by atoms with E-state index >= 15 is 0 Å². The van der Waals surface area contributed by atoms with E-state index in [2.05, 4.69) is 11.8 Å². The standard InChI is InChI=1S/C17H23N3O2/c1-2-19-11-3-4-15(19)13-20(17(22)9-10-18)12-14-5-7-16(21)8-6-14/h5-8,15,21H,2-4,9,11-13H2,1H3/t15-/m0/s1. The van der Waals surface area contributed by atoms with Crippen molar-refractivity contribution in [1.82, 2.24) is 9.80 Å². The number of likely N-dealkylation sites (tertiary alicyclic amines) is 1. The summed E-state index contributed by atoms with van der Waals surface area (Å²) in [5.41, 5.74) is 0.963. The van der Waals surface area contributed by atoms with Crippen LogP contribution in [0.5, 0.6) is 5.75 Å². The van der Waals surface area contributed by atoms with E-state index in [1.165, 1.54) is 0 Å². The number of hydrogen-bond donors (Lipinski definition) is 1. The van der Waals surface area contributed by atoms with Gasteiger partial charge < -0.3 is 10.0 Å². The average molecular weight is 301 g/mol. The SMILES string of the molecule is CCN1CCC[C@H]1CN(Cc1ccc(O)cc1)C(=O)CC#N. The van der Waals surface area contributed by atoms with Crippen LogP contribution in [0.4, 0.5) is 0 Å². The van der Waals surface area contributed by atoms with Crippen LogP contribution in [0.3, 0.4) is 0 Å². The maximum atomic E-state index is 12.2. The van der Waals surface area contributed by atoms with Crippen LogP contribution in [0.25, 0.3) is 0 Å². The van der Waals surface area contributed by atoms with Gasteiger partial charge in [-0.25, -0.2) is 0 Å². The molecule has 1 saturated heterocycles. The molecule has 1 atom stereocenters. The number of phenols is 1. The smallest absolute Gasteiger partial charge is 0.237 e. The molecule has 22 heavy (non-hydrogen) atoms. The van der Waals surface area contributed by atoms with Crippen molar-refractivity contribution in [2.45, 2.75) is 38.8 Å². The van der Waals surface area contributed by atoms with Crippen molar-refractivity contribution in [3.63, 3.8) is 0 Å². The van der Waals surface area contributed by atoms with E-state index in [4.69, 9.17) is 5.26 Å². The highest BCUT2D eigenvalue weighted by molar-refractivity contribution is 5.78. The van der Waals surface area contributed by atoms with Gasteiger partial charge in [-0.1, -0.05) is 19.1 Å². The molecule has 0 spiro atoms. The van der Waals surface area contributed by atoms with Crippen molar-refractivity contribution in [1.29, 1.82) is 5.26 Å². The van der Waals surface area contributed by atoms with Crippen LogP contribution in [0.2, 0.25) is 0 Å². The molecule has 2 rings (SSSR count). The Morgan fingerprint density at radius 2 is 2.18 bits per heavy atom. The maximum Gasteiger partial charge on any atom is 0.237 e. The molecule has 1 aromatic carbocycles. The van der Waals surface area contributed by atoms with Gasteiger partial charge in [0.25, 0.3) is 0 Å². The molecular formula is C17H23N3O2. The number of amides is 1. The number of carbonyl (C=O) groups is 1. The number of nitriles is 1. The van der Waals surface area contributed by atoms with Gasteiger partial charge in [0, 0.05) is 19.1 Å². The van der Waals surface area contributed by atoms with Crippen LogP contribution in [-0.2, 0) is 11.3 Å². The highest BCUT2D eigenvalue weighted by Gasteiger charge is 2.27. The number of nitrogens with zero attached hydrogens (tertiary/aromatic N) is 3. The average Bonchev–Trinajstić information content (AvgIpc) is 2.96. The second kappa shape index (κ2) is 7.81. The minimum Gasteiger partial charge on any atom is -0.508 e. The predicted octanol–water partition coefficient (Wildman–Crippen LogP) is 2.12. The molecule has 1 N–H and O–H groups in total. The number of rotatable bonds is 6. The van der Waals surface area contributed by atoms with Gasteiger partial charge in [-0.15, -0.1) is 0 Å². The molecule has 0 aromatic heterocycles. The van der Waals surface area contributed by atoms with Crippen LogP contribution >= 0.6 is 0 Å². The summed E-state index contributed by atoms with van der Waals surface area (Å²) in [6.45, 7) is 5.36. The summed E-state index contributed by atoms with van der Waals surface area (Å²) >= 11 is 0. The molecular weight excluding hydrogens is 278 g/mol. The van der Waals surface area contributed by atoms with Crippen LogP contribution in [0.1, 0.15) is 31.7 Å². The largest absolute Gasteiger partial charge is 0.508 e. The van der Waals surface area contributed by atoms with E-state index in [0.717, 1.165) is 31.5 Å². The Morgan fingerprint density at radius 1 is 1.45 bits per heavy atom. The molecule has 5 nitrogen and oxygen atoms in total. The molecule has 1 aromatic rings. The first kappa shape index (κ1) is 16.3. The highest BCUT2D eigenvalue weighted by atomic mass is 16.3. The summed E-state index contributed by atoms with van der Waals surface area (Å²) < 4.78 is 0. The summed E-state index contributed by atoms with van der Waals surface area (Å²) in [6.07, 6.45) is 2.18. The first-order valence-corrected chi connectivity index (χ1v) is 7.80. The Bertz CT molecular complexity index is 536. The van der Waals surface area contributed by atoms with Crippen molar-refractivity contribution >= 4 is 5.91 Å². The van der Waals surface area contributed by atoms with Crippen LogP contribution in [0.15, 0.2) is 24.3 Å². The topological polar surface area (TPSA) is 67.6 Å². The van der Waals surface area contributed by atoms with Gasteiger partial charge in [0.2, 0.25) is 5.91 Å². The quantitative estimate of drug-likeness (QED) is 0.874. The van der Waals surface area contributed by atoms with E-state index in [-0.39, 0.29) is 18.1 Å². The van der Waals surface area contributed by atoms with Crippen molar-refractivity contribution in [3.05, 3.63) is 29.8 Å². The molecule has 0 aliphatic carbocycles. The van der Waals surface area contributed by atoms with E-state index in [1.807, 2.05) is 18.2 Å². The van der Waals surface area contributed by atoms with Crippen molar-refractivity contribution in [3.8, 4) is 11.8 Å². The zero-order valence-electron chi connectivity index (χ0n) is 13.0. The Hall–Kier alpha value is -2.06. The monoisotopic (exact) mass is 301 g/mol. The second-order valence-electron chi connectivity index (χ2n) is 5.70. The molecule has 118 valence electrons. The number of likely N-dealkylation sites (N-methyl/N-ethyl adjacent to an activating group) is 1. The fourth-order valence-corrected chi connectivity index (χ4v) is 3.03. The van der Waals surface area contributed by atoms with Crippen LogP contribution in [0, 0.1) is 11.3 Å². The highest BCUT2D eigenvalue weighted by Crippen LogP contribution is 2.20. The lowest BCUT2D eigenvalue weighted by Crippen LogP contribution is -2.42. The van der Waals surface area contributed by atoms with Crippen molar-refractivity contribution in [2.75, 3.05) is 19.6 Å². The molecule has 1 aliphatic heterocycles. The number of carbonyl (C=O) groups excluding carboxylic acids is 1. The third-order valence-corrected chi connectivity index (χ3v) is 4.23. The summed E-state index contributed by atoms with van der Waals surface area (Å²) in [4.78, 5) is 16.4.